The number of carbonyl (C=O) groups excluding carboxylic acids is 2. The third kappa shape index (κ3) is 3.46. The van der Waals surface area contributed by atoms with Crippen molar-refractivity contribution in [2.45, 2.75) is 25.1 Å². The van der Waals surface area contributed by atoms with Gasteiger partial charge in [0.2, 0.25) is 11.8 Å². The molecule has 0 radical (unpaired) electrons. The molecule has 0 saturated carbocycles. The number of aromatic amines is 1. The van der Waals surface area contributed by atoms with E-state index in [1.165, 1.54) is 7.11 Å². The Bertz CT molecular complexity index is 849. The maximum Gasteiger partial charge on any atom is 0.453 e. The maximum absolute atomic E-state index is 12.5. The Balaban J connectivity index is 1.75. The number of nitrogens with zero attached hydrogens (tertiary/aromatic N) is 2. The Morgan fingerprint density at radius 1 is 1.42 bits per heavy atom. The largest absolute Gasteiger partial charge is 0.495 e. The van der Waals surface area contributed by atoms with Gasteiger partial charge in [0.15, 0.2) is 0 Å². The highest BCUT2D eigenvalue weighted by molar-refractivity contribution is 6.02. The highest BCUT2D eigenvalue weighted by Gasteiger charge is 2.36. The molecule has 8 nitrogen and oxygen atoms in total. The van der Waals surface area contributed by atoms with Gasteiger partial charge in [-0.3, -0.25) is 14.7 Å². The van der Waals surface area contributed by atoms with Crippen LogP contribution in [0.25, 0.3) is 0 Å². The number of nitrogens with one attached hydrogen (secondary N) is 3. The number of hydrogen-bond acceptors (Lipinski definition) is 5. The molecule has 2 aromatic rings. The van der Waals surface area contributed by atoms with Gasteiger partial charge in [-0.1, -0.05) is 12.1 Å². The number of ether oxygens (including phenoxy) is 1. The first-order valence-corrected chi connectivity index (χ1v) is 7.52. The van der Waals surface area contributed by atoms with Gasteiger partial charge in [0, 0.05) is 6.42 Å². The fourth-order valence-corrected chi connectivity index (χ4v) is 2.66. The summed E-state index contributed by atoms with van der Waals surface area (Å²) in [5, 5.41) is 10.3. The van der Waals surface area contributed by atoms with E-state index in [9.17, 15) is 22.8 Å². The molecule has 0 fully saturated rings. The number of anilines is 1. The van der Waals surface area contributed by atoms with Crippen molar-refractivity contribution in [2.75, 3.05) is 12.4 Å². The molecule has 1 unspecified atom stereocenters. The molecule has 138 valence electrons. The lowest BCUT2D eigenvalue weighted by molar-refractivity contribution is -0.144. The number of carbonyl (C=O) groups is 2. The molecule has 0 aliphatic carbocycles. The molecule has 2 heterocycles. The summed E-state index contributed by atoms with van der Waals surface area (Å²) in [6, 6.07) is 5.01. The van der Waals surface area contributed by atoms with Crippen molar-refractivity contribution in [2.24, 2.45) is 0 Å². The summed E-state index contributed by atoms with van der Waals surface area (Å²) in [5.41, 5.74) is 0.973. The van der Waals surface area contributed by atoms with Crippen molar-refractivity contribution < 1.29 is 27.5 Å². The number of H-pyrrole nitrogens is 1. The molecule has 3 rings (SSSR count). The third-order valence-electron chi connectivity index (χ3n) is 3.84. The summed E-state index contributed by atoms with van der Waals surface area (Å²) in [7, 11) is 1.44. The molecular weight excluding hydrogens is 355 g/mol. The maximum atomic E-state index is 12.5. The molecule has 1 aromatic carbocycles. The number of para-hydroxylation sites is 1. The van der Waals surface area contributed by atoms with Crippen LogP contribution in [0.4, 0.5) is 18.9 Å². The van der Waals surface area contributed by atoms with E-state index in [0.717, 1.165) is 0 Å². The van der Waals surface area contributed by atoms with Gasteiger partial charge in [-0.25, -0.2) is 4.98 Å². The quantitative estimate of drug-likeness (QED) is 0.758. The molecular formula is C15H14F3N5O3. The van der Waals surface area contributed by atoms with Gasteiger partial charge in [0.25, 0.3) is 5.82 Å². The summed E-state index contributed by atoms with van der Waals surface area (Å²) < 4.78 is 42.6. The summed E-state index contributed by atoms with van der Waals surface area (Å²) >= 11 is 0. The molecule has 26 heavy (non-hydrogen) atoms. The monoisotopic (exact) mass is 369 g/mol. The smallest absolute Gasteiger partial charge is 0.453 e. The van der Waals surface area contributed by atoms with Crippen molar-refractivity contribution in [1.29, 1.82) is 0 Å². The number of alkyl halides is 3. The van der Waals surface area contributed by atoms with Gasteiger partial charge in [-0.15, -0.1) is 5.10 Å². The standard InChI is InChI=1S/C15H14F3N5O3/c1-26-9-4-2-3-7-8(5-11(24)21-12(7)9)13(25)19-6-10-20-14(23-22-10)15(16,17)18/h2-4,8H,5-6H2,1H3,(H,19,25)(H,21,24)(H,20,22,23). The van der Waals surface area contributed by atoms with E-state index in [1.807, 2.05) is 0 Å². The second-order valence-corrected chi connectivity index (χ2v) is 5.55. The summed E-state index contributed by atoms with van der Waals surface area (Å²) in [6.07, 6.45) is -4.76. The van der Waals surface area contributed by atoms with Crippen LogP contribution >= 0.6 is 0 Å². The first kappa shape index (κ1) is 17.7. The van der Waals surface area contributed by atoms with Gasteiger partial charge >= 0.3 is 6.18 Å². The van der Waals surface area contributed by atoms with Crippen LogP contribution < -0.4 is 15.4 Å². The number of halogens is 3. The van der Waals surface area contributed by atoms with Crippen molar-refractivity contribution in [3.05, 3.63) is 35.4 Å². The van der Waals surface area contributed by atoms with Crippen LogP contribution in [0.15, 0.2) is 18.2 Å². The van der Waals surface area contributed by atoms with Crippen LogP contribution in [-0.2, 0) is 22.3 Å². The van der Waals surface area contributed by atoms with Gasteiger partial charge in [-0.2, -0.15) is 13.2 Å². The molecule has 1 aromatic heterocycles. The first-order valence-electron chi connectivity index (χ1n) is 7.52. The number of hydrogen-bond donors (Lipinski definition) is 3. The van der Waals surface area contributed by atoms with Crippen molar-refractivity contribution in [3.63, 3.8) is 0 Å². The number of rotatable bonds is 4. The SMILES string of the molecule is COc1cccc2c1NC(=O)CC2C(=O)NCc1nc(C(F)(F)F)n[nH]1. The number of fused-ring (bicyclic) bond motifs is 1. The molecule has 1 atom stereocenters. The van der Waals surface area contributed by atoms with E-state index < -0.39 is 23.8 Å². The van der Waals surface area contributed by atoms with E-state index >= 15 is 0 Å². The molecule has 0 saturated heterocycles. The van der Waals surface area contributed by atoms with E-state index in [1.54, 1.807) is 18.2 Å². The average Bonchev–Trinajstić information content (AvgIpc) is 3.07. The average molecular weight is 369 g/mol. The van der Waals surface area contributed by atoms with E-state index in [0.29, 0.717) is 17.0 Å². The van der Waals surface area contributed by atoms with Crippen molar-refractivity contribution >= 4 is 17.5 Å². The third-order valence-corrected chi connectivity index (χ3v) is 3.84. The lowest BCUT2D eigenvalue weighted by Crippen LogP contribution is -2.35. The lowest BCUT2D eigenvalue weighted by atomic mass is 9.89. The highest BCUT2D eigenvalue weighted by Crippen LogP contribution is 2.38. The Morgan fingerprint density at radius 3 is 2.85 bits per heavy atom. The van der Waals surface area contributed by atoms with Crippen molar-refractivity contribution in [3.8, 4) is 5.75 Å². The zero-order chi connectivity index (χ0) is 18.9. The topological polar surface area (TPSA) is 109 Å². The van der Waals surface area contributed by atoms with Crippen LogP contribution in [-0.4, -0.2) is 34.1 Å². The van der Waals surface area contributed by atoms with Gasteiger partial charge in [0.1, 0.15) is 11.6 Å². The predicted octanol–water partition coefficient (Wildman–Crippen LogP) is 1.57. The zero-order valence-electron chi connectivity index (χ0n) is 13.5. The fraction of sp³-hybridized carbons (Fsp3) is 0.333. The lowest BCUT2D eigenvalue weighted by Gasteiger charge is -2.26. The number of amides is 2. The molecule has 11 heteroatoms. The molecule has 1 aliphatic rings. The minimum atomic E-state index is -4.67. The van der Waals surface area contributed by atoms with E-state index in [-0.39, 0.29) is 24.7 Å². The van der Waals surface area contributed by atoms with Gasteiger partial charge in [0.05, 0.1) is 25.3 Å². The zero-order valence-corrected chi connectivity index (χ0v) is 13.5. The number of benzene rings is 1. The van der Waals surface area contributed by atoms with E-state index in [4.69, 9.17) is 4.74 Å². The van der Waals surface area contributed by atoms with Crippen LogP contribution in [0.1, 0.15) is 29.6 Å². The minimum Gasteiger partial charge on any atom is -0.495 e. The summed E-state index contributed by atoms with van der Waals surface area (Å²) in [5.74, 6) is -2.71. The Labute approximate surface area is 145 Å². The molecule has 0 bridgehead atoms. The Hall–Kier alpha value is -3.11. The minimum absolute atomic E-state index is 0.0871. The first-order chi connectivity index (χ1) is 12.3. The van der Waals surface area contributed by atoms with E-state index in [2.05, 4.69) is 25.8 Å². The van der Waals surface area contributed by atoms with Gasteiger partial charge in [-0.05, 0) is 11.6 Å². The van der Waals surface area contributed by atoms with Crippen LogP contribution in [0, 0.1) is 0 Å². The van der Waals surface area contributed by atoms with Crippen molar-refractivity contribution in [1.82, 2.24) is 20.5 Å². The molecule has 3 N–H and O–H groups in total. The van der Waals surface area contributed by atoms with Crippen LogP contribution in [0.3, 0.4) is 0 Å². The predicted molar refractivity (Wildman–Crippen MR) is 82.2 cm³/mol. The number of methoxy groups -OCH3 is 1. The van der Waals surface area contributed by atoms with Crippen LogP contribution in [0.2, 0.25) is 0 Å². The molecule has 2 amide bonds. The Kier molecular flexibility index (Phi) is 4.53. The van der Waals surface area contributed by atoms with Gasteiger partial charge < -0.3 is 15.4 Å². The fourth-order valence-electron chi connectivity index (χ4n) is 2.66. The van der Waals surface area contributed by atoms with Crippen LogP contribution in [0.5, 0.6) is 5.75 Å². The summed E-state index contributed by atoms with van der Waals surface area (Å²) in [6.45, 7) is -0.278. The highest BCUT2D eigenvalue weighted by atomic mass is 19.4. The normalized spacial score (nSPS) is 16.6. The summed E-state index contributed by atoms with van der Waals surface area (Å²) in [4.78, 5) is 27.6. The molecule has 0 spiro atoms. The number of aromatic nitrogens is 3. The molecule has 1 aliphatic heterocycles. The second kappa shape index (κ2) is 6.65. The Morgan fingerprint density at radius 2 is 2.19 bits per heavy atom. The second-order valence-electron chi connectivity index (χ2n) is 5.55.